The van der Waals surface area contributed by atoms with Gasteiger partial charge in [0.2, 0.25) is 0 Å². The molecule has 0 aliphatic carbocycles. The molecule has 0 amide bonds. The lowest BCUT2D eigenvalue weighted by molar-refractivity contribution is 0.920. The minimum Gasteiger partial charge on any atom is -0.325 e. The Morgan fingerprint density at radius 3 is 3.00 bits per heavy atom. The SMILES string of the molecule is Cc1nsc(Sc2nc3ccccn3c2CN)n1. The normalized spacial score (nSPS) is 11.2. The third kappa shape index (κ3) is 2.00. The van der Waals surface area contributed by atoms with E-state index < -0.39 is 0 Å². The molecule has 3 aromatic rings. The number of imidazole rings is 1. The molecule has 0 saturated carbocycles. The van der Waals surface area contributed by atoms with Gasteiger partial charge in [-0.15, -0.1) is 0 Å². The molecule has 0 aliphatic heterocycles. The van der Waals surface area contributed by atoms with E-state index in [4.69, 9.17) is 5.73 Å². The Labute approximate surface area is 112 Å². The molecule has 0 fully saturated rings. The van der Waals surface area contributed by atoms with Gasteiger partial charge in [-0.05, 0) is 42.4 Å². The zero-order chi connectivity index (χ0) is 12.5. The summed E-state index contributed by atoms with van der Waals surface area (Å²) >= 11 is 2.90. The van der Waals surface area contributed by atoms with Crippen molar-refractivity contribution in [3.63, 3.8) is 0 Å². The Balaban J connectivity index is 2.05. The van der Waals surface area contributed by atoms with E-state index in [1.807, 2.05) is 35.7 Å². The molecule has 2 N–H and O–H groups in total. The number of hydrogen-bond acceptors (Lipinski definition) is 6. The lowest BCUT2D eigenvalue weighted by atomic mass is 10.4. The average Bonchev–Trinajstić information content (AvgIpc) is 2.92. The Kier molecular flexibility index (Phi) is 3.02. The van der Waals surface area contributed by atoms with Crippen molar-refractivity contribution in [2.45, 2.75) is 22.8 Å². The van der Waals surface area contributed by atoms with Crippen molar-refractivity contribution < 1.29 is 0 Å². The highest BCUT2D eigenvalue weighted by molar-refractivity contribution is 8.00. The van der Waals surface area contributed by atoms with Crippen LogP contribution in [0.2, 0.25) is 0 Å². The third-order valence-corrected chi connectivity index (χ3v) is 4.34. The van der Waals surface area contributed by atoms with Crippen molar-refractivity contribution in [2.75, 3.05) is 0 Å². The maximum atomic E-state index is 5.81. The summed E-state index contributed by atoms with van der Waals surface area (Å²) in [6.45, 7) is 2.33. The van der Waals surface area contributed by atoms with Gasteiger partial charge in [-0.25, -0.2) is 9.97 Å². The van der Waals surface area contributed by atoms with Crippen molar-refractivity contribution in [3.05, 3.63) is 35.9 Å². The van der Waals surface area contributed by atoms with Crippen molar-refractivity contribution in [1.29, 1.82) is 0 Å². The van der Waals surface area contributed by atoms with Gasteiger partial charge in [0.25, 0.3) is 0 Å². The Morgan fingerprint density at radius 2 is 2.28 bits per heavy atom. The molecule has 5 nitrogen and oxygen atoms in total. The number of hydrogen-bond donors (Lipinski definition) is 1. The quantitative estimate of drug-likeness (QED) is 0.794. The number of nitrogens with zero attached hydrogens (tertiary/aromatic N) is 4. The first kappa shape index (κ1) is 11.6. The average molecular weight is 277 g/mol. The van der Waals surface area contributed by atoms with Crippen LogP contribution in [0.4, 0.5) is 0 Å². The predicted molar refractivity (Wildman–Crippen MR) is 71.9 cm³/mol. The van der Waals surface area contributed by atoms with Crippen LogP contribution in [0, 0.1) is 6.92 Å². The zero-order valence-corrected chi connectivity index (χ0v) is 11.3. The summed E-state index contributed by atoms with van der Waals surface area (Å²) in [7, 11) is 0. The van der Waals surface area contributed by atoms with Gasteiger partial charge < -0.3 is 10.1 Å². The summed E-state index contributed by atoms with van der Waals surface area (Å²) in [6.07, 6.45) is 1.97. The molecule has 0 saturated heterocycles. The Morgan fingerprint density at radius 1 is 1.39 bits per heavy atom. The van der Waals surface area contributed by atoms with Gasteiger partial charge in [-0.2, -0.15) is 4.37 Å². The van der Waals surface area contributed by atoms with Crippen LogP contribution >= 0.6 is 23.3 Å². The molecular formula is C11H11N5S2. The van der Waals surface area contributed by atoms with Crippen LogP contribution in [0.5, 0.6) is 0 Å². The second-order valence-electron chi connectivity index (χ2n) is 3.71. The van der Waals surface area contributed by atoms with Crippen LogP contribution in [0.1, 0.15) is 11.5 Å². The first-order chi connectivity index (χ1) is 8.78. The number of nitrogens with two attached hydrogens (primary N) is 1. The van der Waals surface area contributed by atoms with Gasteiger partial charge in [-0.3, -0.25) is 0 Å². The number of aryl methyl sites for hydroxylation is 1. The topological polar surface area (TPSA) is 69.1 Å². The van der Waals surface area contributed by atoms with E-state index >= 15 is 0 Å². The van der Waals surface area contributed by atoms with Gasteiger partial charge in [-0.1, -0.05) is 6.07 Å². The lowest BCUT2D eigenvalue weighted by Crippen LogP contribution is -2.01. The van der Waals surface area contributed by atoms with Gasteiger partial charge in [0.1, 0.15) is 16.5 Å². The van der Waals surface area contributed by atoms with Crippen LogP contribution in [-0.2, 0) is 6.54 Å². The fourth-order valence-electron chi connectivity index (χ4n) is 1.69. The zero-order valence-electron chi connectivity index (χ0n) is 9.70. The Hall–Kier alpha value is -1.44. The predicted octanol–water partition coefficient (Wildman–Crippen LogP) is 2.10. The smallest absolute Gasteiger partial charge is 0.176 e. The second-order valence-corrected chi connectivity index (χ2v) is 5.69. The second kappa shape index (κ2) is 4.68. The summed E-state index contributed by atoms with van der Waals surface area (Å²) in [5, 5.41) is 0.903. The van der Waals surface area contributed by atoms with Crippen LogP contribution in [0.25, 0.3) is 5.65 Å². The monoisotopic (exact) mass is 277 g/mol. The first-order valence-electron chi connectivity index (χ1n) is 5.42. The molecule has 3 rings (SSSR count). The van der Waals surface area contributed by atoms with Crippen LogP contribution in [0.3, 0.4) is 0 Å². The molecule has 0 atom stereocenters. The van der Waals surface area contributed by atoms with E-state index in [1.54, 1.807) is 0 Å². The highest BCUT2D eigenvalue weighted by Gasteiger charge is 2.13. The van der Waals surface area contributed by atoms with E-state index in [2.05, 4.69) is 14.3 Å². The molecule has 3 aromatic heterocycles. The summed E-state index contributed by atoms with van der Waals surface area (Å²) in [5.74, 6) is 0.792. The molecule has 0 spiro atoms. The van der Waals surface area contributed by atoms with Crippen molar-refractivity contribution in [3.8, 4) is 0 Å². The maximum Gasteiger partial charge on any atom is 0.176 e. The molecule has 92 valence electrons. The van der Waals surface area contributed by atoms with Crippen LogP contribution < -0.4 is 5.73 Å². The standard InChI is InChI=1S/C11H11N5S2/c1-7-13-11(18-15-7)17-10-8(6-12)16-5-3-2-4-9(16)14-10/h2-5H,6,12H2,1H3. The van der Waals surface area contributed by atoms with Crippen LogP contribution in [0.15, 0.2) is 33.8 Å². The third-order valence-electron chi connectivity index (χ3n) is 2.48. The number of rotatable bonds is 3. The van der Waals surface area contributed by atoms with E-state index in [-0.39, 0.29) is 0 Å². The molecule has 0 aromatic carbocycles. The van der Waals surface area contributed by atoms with Crippen LogP contribution in [-0.4, -0.2) is 18.7 Å². The van der Waals surface area contributed by atoms with Gasteiger partial charge in [0.15, 0.2) is 4.34 Å². The van der Waals surface area contributed by atoms with Gasteiger partial charge in [0, 0.05) is 12.7 Å². The van der Waals surface area contributed by atoms with Crippen molar-refractivity contribution in [2.24, 2.45) is 5.73 Å². The minimum absolute atomic E-state index is 0.450. The molecular weight excluding hydrogens is 266 g/mol. The highest BCUT2D eigenvalue weighted by atomic mass is 32.2. The highest BCUT2D eigenvalue weighted by Crippen LogP contribution is 2.31. The largest absolute Gasteiger partial charge is 0.325 e. The molecule has 0 unspecified atom stereocenters. The number of aromatic nitrogens is 4. The van der Waals surface area contributed by atoms with E-state index in [9.17, 15) is 0 Å². The molecule has 0 radical (unpaired) electrons. The maximum absolute atomic E-state index is 5.81. The van der Waals surface area contributed by atoms with E-state index in [1.165, 1.54) is 23.3 Å². The first-order valence-corrected chi connectivity index (χ1v) is 7.01. The van der Waals surface area contributed by atoms with E-state index in [0.717, 1.165) is 26.5 Å². The molecule has 18 heavy (non-hydrogen) atoms. The molecule has 0 bridgehead atoms. The summed E-state index contributed by atoms with van der Waals surface area (Å²) in [5.41, 5.74) is 7.72. The Bertz CT molecular complexity index is 688. The lowest BCUT2D eigenvalue weighted by Gasteiger charge is -1.99. The minimum atomic E-state index is 0.450. The number of pyridine rings is 1. The molecule has 7 heteroatoms. The fourth-order valence-corrected chi connectivity index (χ4v) is 3.40. The summed E-state index contributed by atoms with van der Waals surface area (Å²) in [4.78, 5) is 8.90. The van der Waals surface area contributed by atoms with Gasteiger partial charge in [0.05, 0.1) is 5.69 Å². The number of fused-ring (bicyclic) bond motifs is 1. The van der Waals surface area contributed by atoms with Crippen molar-refractivity contribution >= 4 is 28.9 Å². The van der Waals surface area contributed by atoms with E-state index in [0.29, 0.717) is 6.54 Å². The summed E-state index contributed by atoms with van der Waals surface area (Å²) < 4.78 is 7.07. The molecule has 0 aliphatic rings. The van der Waals surface area contributed by atoms with Gasteiger partial charge >= 0.3 is 0 Å². The van der Waals surface area contributed by atoms with Crippen molar-refractivity contribution in [1.82, 2.24) is 18.7 Å². The fraction of sp³-hybridized carbons (Fsp3) is 0.182. The summed E-state index contributed by atoms with van der Waals surface area (Å²) in [6, 6.07) is 5.90. The molecule has 3 heterocycles.